The summed E-state index contributed by atoms with van der Waals surface area (Å²) in [5.41, 5.74) is 0.895. The highest BCUT2D eigenvalue weighted by molar-refractivity contribution is 6.35. The Morgan fingerprint density at radius 2 is 2.08 bits per heavy atom. The maximum Gasteiger partial charge on any atom is 0.271 e. The minimum Gasteiger partial charge on any atom is -0.495 e. The number of rotatable bonds is 8. The summed E-state index contributed by atoms with van der Waals surface area (Å²) in [5, 5.41) is 16.1. The number of methoxy groups -OCH3 is 1. The number of aromatic nitrogens is 1. The third kappa shape index (κ3) is 4.68. The van der Waals surface area contributed by atoms with Crippen molar-refractivity contribution in [3.8, 4) is 5.75 Å². The van der Waals surface area contributed by atoms with E-state index in [0.29, 0.717) is 46.9 Å². The fraction of sp³-hybridized carbons (Fsp3) is 0.538. The monoisotopic (exact) mass is 530 g/mol. The van der Waals surface area contributed by atoms with Crippen molar-refractivity contribution < 1.29 is 29.0 Å². The summed E-state index contributed by atoms with van der Waals surface area (Å²) in [6.45, 7) is 0.215. The van der Waals surface area contributed by atoms with Crippen molar-refractivity contribution in [3.63, 3.8) is 0 Å². The number of halogens is 1. The Kier molecular flexibility index (Phi) is 7.13. The van der Waals surface area contributed by atoms with Crippen LogP contribution in [0, 0.1) is 17.8 Å². The van der Waals surface area contributed by atoms with Gasteiger partial charge < -0.3 is 30.4 Å². The van der Waals surface area contributed by atoms with E-state index in [-0.39, 0.29) is 30.1 Å². The standard InChI is InChI=1S/C26H31ClN4O6/c1-37-21-6-5-17(27)16-10-19(29-22(16)21)26(36)31-11-14-3-2-4-15(14)23(31)25(35)30-18(20(33)12-32)9-13-7-8-28-24(13)34/h5-6,10,13-15,18,23,29,32H,2-4,7-9,11-12H2,1H3,(H,28,34)(H,30,35)/t13-,14-,15-,18-,23-/m0/s1. The summed E-state index contributed by atoms with van der Waals surface area (Å²) in [4.78, 5) is 56.7. The first-order valence-corrected chi connectivity index (χ1v) is 13.1. The Bertz CT molecular complexity index is 1250. The van der Waals surface area contributed by atoms with E-state index in [4.69, 9.17) is 16.3 Å². The van der Waals surface area contributed by atoms with Crippen LogP contribution in [-0.4, -0.2) is 77.4 Å². The van der Waals surface area contributed by atoms with Crippen LogP contribution < -0.4 is 15.4 Å². The summed E-state index contributed by atoms with van der Waals surface area (Å²) >= 11 is 6.36. The third-order valence-corrected chi connectivity index (χ3v) is 8.45. The number of carbonyl (C=O) groups excluding carboxylic acids is 4. The zero-order valence-electron chi connectivity index (χ0n) is 20.6. The van der Waals surface area contributed by atoms with Crippen LogP contribution in [-0.2, 0) is 14.4 Å². The van der Waals surface area contributed by atoms with Gasteiger partial charge in [-0.25, -0.2) is 0 Å². The van der Waals surface area contributed by atoms with Crippen molar-refractivity contribution in [1.29, 1.82) is 0 Å². The van der Waals surface area contributed by atoms with Gasteiger partial charge in [-0.3, -0.25) is 19.2 Å². The van der Waals surface area contributed by atoms with E-state index >= 15 is 0 Å². The number of hydrogen-bond donors (Lipinski definition) is 4. The number of nitrogens with zero attached hydrogens (tertiary/aromatic N) is 1. The summed E-state index contributed by atoms with van der Waals surface area (Å²) in [5.74, 6) is -1.17. The molecule has 1 saturated carbocycles. The van der Waals surface area contributed by atoms with Crippen LogP contribution in [0.3, 0.4) is 0 Å². The lowest BCUT2D eigenvalue weighted by molar-refractivity contribution is -0.133. The van der Waals surface area contributed by atoms with Gasteiger partial charge in [0.25, 0.3) is 5.91 Å². The van der Waals surface area contributed by atoms with E-state index in [1.165, 1.54) is 7.11 Å². The predicted octanol–water partition coefficient (Wildman–Crippen LogP) is 1.64. The number of Topliss-reactive ketones (excluding diaryl/α,β-unsaturated/α-hetero) is 1. The Labute approximate surface area is 219 Å². The number of likely N-dealkylation sites (tertiary alicyclic amines) is 1. The fourth-order valence-corrected chi connectivity index (χ4v) is 6.45. The number of aromatic amines is 1. The average molecular weight is 531 g/mol. The maximum absolute atomic E-state index is 13.7. The zero-order valence-corrected chi connectivity index (χ0v) is 21.3. The Balaban J connectivity index is 1.41. The summed E-state index contributed by atoms with van der Waals surface area (Å²) in [7, 11) is 1.53. The highest BCUT2D eigenvalue weighted by Gasteiger charge is 2.50. The van der Waals surface area contributed by atoms with Crippen LogP contribution in [0.1, 0.15) is 42.6 Å². The molecule has 1 aromatic carbocycles. The van der Waals surface area contributed by atoms with Crippen molar-refractivity contribution >= 4 is 46.0 Å². The maximum atomic E-state index is 13.7. The van der Waals surface area contributed by atoms with Gasteiger partial charge in [-0.15, -0.1) is 0 Å². The van der Waals surface area contributed by atoms with Crippen molar-refractivity contribution in [2.75, 3.05) is 26.8 Å². The molecule has 0 spiro atoms. The molecule has 2 aliphatic heterocycles. The molecule has 0 unspecified atom stereocenters. The number of hydrogen-bond acceptors (Lipinski definition) is 6. The van der Waals surface area contributed by atoms with E-state index in [1.54, 1.807) is 23.1 Å². The number of ether oxygens (including phenoxy) is 1. The van der Waals surface area contributed by atoms with Crippen LogP contribution in [0.5, 0.6) is 5.75 Å². The van der Waals surface area contributed by atoms with Gasteiger partial charge in [0.2, 0.25) is 11.8 Å². The van der Waals surface area contributed by atoms with E-state index in [9.17, 15) is 24.3 Å². The molecular weight excluding hydrogens is 500 g/mol. The van der Waals surface area contributed by atoms with Crippen LogP contribution in [0.15, 0.2) is 18.2 Å². The first kappa shape index (κ1) is 25.5. The molecule has 10 nitrogen and oxygen atoms in total. The quantitative estimate of drug-likeness (QED) is 0.409. The SMILES string of the molecule is COc1ccc(Cl)c2cc(C(=O)N3C[C@@H]4CCC[C@@H]4[C@H]3C(=O)N[C@@H](C[C@@H]3CCNC3=O)C(=O)CO)[nH]c12. The largest absolute Gasteiger partial charge is 0.495 e. The Morgan fingerprint density at radius 1 is 1.27 bits per heavy atom. The molecule has 2 saturated heterocycles. The normalized spacial score (nSPS) is 25.7. The Hall–Kier alpha value is -3.11. The van der Waals surface area contributed by atoms with Crippen molar-refractivity contribution in [2.24, 2.45) is 17.8 Å². The number of aliphatic hydroxyl groups excluding tert-OH is 1. The van der Waals surface area contributed by atoms with Gasteiger partial charge in [0, 0.05) is 24.4 Å². The summed E-state index contributed by atoms with van der Waals surface area (Å²) < 4.78 is 5.40. The number of carbonyl (C=O) groups is 4. The summed E-state index contributed by atoms with van der Waals surface area (Å²) in [6, 6.07) is 3.33. The zero-order chi connectivity index (χ0) is 26.3. The van der Waals surface area contributed by atoms with Crippen molar-refractivity contribution in [3.05, 3.63) is 28.9 Å². The predicted molar refractivity (Wildman–Crippen MR) is 135 cm³/mol. The third-order valence-electron chi connectivity index (χ3n) is 8.12. The number of aliphatic hydroxyl groups is 1. The molecule has 37 heavy (non-hydrogen) atoms. The smallest absolute Gasteiger partial charge is 0.271 e. The van der Waals surface area contributed by atoms with Gasteiger partial charge in [-0.2, -0.15) is 0 Å². The van der Waals surface area contributed by atoms with Gasteiger partial charge in [0.1, 0.15) is 24.1 Å². The molecule has 5 rings (SSSR count). The van der Waals surface area contributed by atoms with E-state index < -0.39 is 36.3 Å². The number of benzene rings is 1. The highest BCUT2D eigenvalue weighted by atomic mass is 35.5. The molecule has 0 radical (unpaired) electrons. The Morgan fingerprint density at radius 3 is 2.78 bits per heavy atom. The molecule has 1 aliphatic carbocycles. The second-order valence-corrected chi connectivity index (χ2v) is 10.6. The molecule has 3 aliphatic rings. The van der Waals surface area contributed by atoms with Crippen LogP contribution in [0.4, 0.5) is 0 Å². The van der Waals surface area contributed by atoms with Crippen LogP contribution in [0.2, 0.25) is 5.02 Å². The first-order chi connectivity index (χ1) is 17.8. The number of ketones is 1. The lowest BCUT2D eigenvalue weighted by atomic mass is 9.92. The average Bonchev–Trinajstić information content (AvgIpc) is 3.67. The molecule has 198 valence electrons. The first-order valence-electron chi connectivity index (χ1n) is 12.7. The highest BCUT2D eigenvalue weighted by Crippen LogP contribution is 2.43. The molecule has 5 atom stereocenters. The number of amides is 3. The van der Waals surface area contributed by atoms with Gasteiger partial charge in [-0.1, -0.05) is 18.0 Å². The second-order valence-electron chi connectivity index (χ2n) is 10.2. The van der Waals surface area contributed by atoms with Gasteiger partial charge >= 0.3 is 0 Å². The van der Waals surface area contributed by atoms with E-state index in [0.717, 1.165) is 19.3 Å². The summed E-state index contributed by atoms with van der Waals surface area (Å²) in [6.07, 6.45) is 3.39. The number of H-pyrrole nitrogens is 1. The minimum absolute atomic E-state index is 0.0221. The van der Waals surface area contributed by atoms with Gasteiger partial charge in [-0.05, 0) is 55.7 Å². The van der Waals surface area contributed by atoms with Crippen molar-refractivity contribution in [1.82, 2.24) is 20.5 Å². The van der Waals surface area contributed by atoms with Gasteiger partial charge in [0.05, 0.1) is 23.7 Å². The van der Waals surface area contributed by atoms with Crippen LogP contribution >= 0.6 is 11.6 Å². The molecule has 3 heterocycles. The second kappa shape index (κ2) is 10.3. The molecule has 1 aromatic heterocycles. The number of fused-ring (bicyclic) bond motifs is 2. The molecule has 0 bridgehead atoms. The minimum atomic E-state index is -1.00. The fourth-order valence-electron chi connectivity index (χ4n) is 6.24. The number of nitrogens with one attached hydrogen (secondary N) is 3. The molecule has 2 aromatic rings. The molecule has 3 fully saturated rings. The molecule has 4 N–H and O–H groups in total. The molecular formula is C26H31ClN4O6. The lowest BCUT2D eigenvalue weighted by Crippen LogP contribution is -2.53. The van der Waals surface area contributed by atoms with Gasteiger partial charge in [0.15, 0.2) is 5.78 Å². The molecule has 3 amide bonds. The van der Waals surface area contributed by atoms with E-state index in [2.05, 4.69) is 15.6 Å². The van der Waals surface area contributed by atoms with Crippen LogP contribution in [0.25, 0.3) is 10.9 Å². The van der Waals surface area contributed by atoms with E-state index in [1.807, 2.05) is 0 Å². The lowest BCUT2D eigenvalue weighted by Gasteiger charge is -2.29. The molecule has 11 heteroatoms. The van der Waals surface area contributed by atoms with Crippen molar-refractivity contribution in [2.45, 2.75) is 44.2 Å². The topological polar surface area (TPSA) is 141 Å².